The van der Waals surface area contributed by atoms with Crippen LogP contribution in [-0.2, 0) is 54.1 Å². The van der Waals surface area contributed by atoms with Gasteiger partial charge in [-0.25, -0.2) is 14.4 Å². The number of Topliss-reactive ketones (excluding diaryl/α,β-unsaturated/α-hetero) is 1. The van der Waals surface area contributed by atoms with Crippen LogP contribution in [0.25, 0.3) is 22.3 Å². The Bertz CT molecular complexity index is 3090. The Hall–Kier alpha value is -8.53. The van der Waals surface area contributed by atoms with E-state index in [9.17, 15) is 38.4 Å². The molecule has 1 heterocycles. The average molecular weight is 1180 g/mol. The Balaban J connectivity index is 1.66. The van der Waals surface area contributed by atoms with E-state index >= 15 is 9.59 Å². The molecule has 0 spiro atoms. The molecule has 4 aromatic carbocycles. The topological polar surface area (TPSA) is 289 Å². The molecule has 23 heteroatoms. The predicted molar refractivity (Wildman–Crippen MR) is 310 cm³/mol. The third-order valence-corrected chi connectivity index (χ3v) is 12.7. The predicted octanol–water partition coefficient (Wildman–Crippen LogP) is 8.48. The van der Waals surface area contributed by atoms with Crippen LogP contribution in [0.2, 0.25) is 5.02 Å². The third kappa shape index (κ3) is 20.4. The van der Waals surface area contributed by atoms with E-state index < -0.39 is 113 Å². The number of fused-ring (bicyclic) bond motifs is 5. The minimum absolute atomic E-state index is 0.00951. The van der Waals surface area contributed by atoms with Crippen molar-refractivity contribution in [3.63, 3.8) is 0 Å². The summed E-state index contributed by atoms with van der Waals surface area (Å²) in [5, 5.41) is 13.9. The lowest BCUT2D eigenvalue weighted by atomic mass is 9.93. The zero-order chi connectivity index (χ0) is 62.4. The summed E-state index contributed by atoms with van der Waals surface area (Å²) in [5.74, 6) is -5.85. The fourth-order valence-electron chi connectivity index (χ4n) is 8.39. The number of rotatable bonds is 17. The van der Waals surface area contributed by atoms with Gasteiger partial charge in [-0.1, -0.05) is 48.0 Å². The van der Waals surface area contributed by atoms with Crippen molar-refractivity contribution >= 4 is 71.3 Å². The van der Waals surface area contributed by atoms with E-state index in [2.05, 4.69) is 26.6 Å². The van der Waals surface area contributed by atoms with Crippen LogP contribution in [0, 0.1) is 0 Å². The fraction of sp³-hybridized carbons (Fsp3) is 0.443. The van der Waals surface area contributed by atoms with Gasteiger partial charge < -0.3 is 59.9 Å². The normalized spacial score (nSPS) is 16.1. The number of likely N-dealkylation sites (N-methyl/N-ethyl adjacent to an activating group) is 1. The molecule has 0 aliphatic carbocycles. The van der Waals surface area contributed by atoms with Gasteiger partial charge in [0.2, 0.25) is 23.6 Å². The SMILES string of the molecule is CC(=O)OCC(=O)[C@H](C)NC(=O)[C@@H]1Cc2ccc(OC(=O)OC(C)(C)C)c(c2)-c2cc(ccc2OC(=O)OC(C)(C)C)[C@H](N(C)C(=O)[C@H](CCCCNC(=O)OC(C)(C)C)NC(=O)c2ccc(-c3ccc(Cl)cc3)cc2)C(=O)N[C@@H](C)C(=O)N1. The van der Waals surface area contributed by atoms with Gasteiger partial charge in [-0.15, -0.1) is 0 Å². The van der Waals surface area contributed by atoms with Gasteiger partial charge in [0.1, 0.15) is 52.5 Å². The minimum atomic E-state index is -1.67. The first-order valence-electron chi connectivity index (χ1n) is 27.2. The molecule has 0 saturated carbocycles. The number of ketones is 1. The Morgan fingerprint density at radius 3 is 1.80 bits per heavy atom. The molecular weight excluding hydrogens is 1110 g/mol. The number of halogens is 1. The molecule has 5 rings (SSSR count). The molecule has 22 nitrogen and oxygen atoms in total. The van der Waals surface area contributed by atoms with Crippen LogP contribution in [-0.4, -0.2) is 126 Å². The summed E-state index contributed by atoms with van der Waals surface area (Å²) >= 11 is 6.11. The van der Waals surface area contributed by atoms with Gasteiger partial charge in [0.15, 0.2) is 12.4 Å². The Morgan fingerprint density at radius 2 is 1.24 bits per heavy atom. The van der Waals surface area contributed by atoms with Crippen molar-refractivity contribution in [1.29, 1.82) is 0 Å². The van der Waals surface area contributed by atoms with Crippen molar-refractivity contribution in [2.75, 3.05) is 20.2 Å². The van der Waals surface area contributed by atoms with Crippen LogP contribution in [0.15, 0.2) is 84.9 Å². The zero-order valence-corrected chi connectivity index (χ0v) is 50.3. The molecule has 1 aliphatic rings. The van der Waals surface area contributed by atoms with Crippen molar-refractivity contribution < 1.29 is 76.4 Å². The highest BCUT2D eigenvalue weighted by molar-refractivity contribution is 6.30. The van der Waals surface area contributed by atoms with Gasteiger partial charge in [-0.05, 0) is 166 Å². The molecule has 452 valence electrons. The van der Waals surface area contributed by atoms with Crippen molar-refractivity contribution in [2.24, 2.45) is 0 Å². The van der Waals surface area contributed by atoms with Gasteiger partial charge in [0, 0.05) is 48.6 Å². The monoisotopic (exact) mass is 1180 g/mol. The summed E-state index contributed by atoms with van der Waals surface area (Å²) in [7, 11) is 1.32. The average Bonchev–Trinajstić information content (AvgIpc) is 3.16. The van der Waals surface area contributed by atoms with Crippen molar-refractivity contribution in [3.05, 3.63) is 107 Å². The molecule has 0 saturated heterocycles. The van der Waals surface area contributed by atoms with Crippen LogP contribution < -0.4 is 36.1 Å². The maximum absolute atomic E-state index is 15.3. The molecule has 84 heavy (non-hydrogen) atoms. The van der Waals surface area contributed by atoms with Crippen LogP contribution in [0.3, 0.4) is 0 Å². The van der Waals surface area contributed by atoms with Crippen molar-refractivity contribution in [3.8, 4) is 33.8 Å². The number of carbonyl (C=O) groups is 10. The molecule has 5 atom stereocenters. The van der Waals surface area contributed by atoms with E-state index in [-0.39, 0.29) is 59.6 Å². The molecular formula is C61H75ClN6O16. The summed E-state index contributed by atoms with van der Waals surface area (Å²) in [4.78, 5) is 138. The van der Waals surface area contributed by atoms with Crippen molar-refractivity contribution in [1.82, 2.24) is 31.5 Å². The highest BCUT2D eigenvalue weighted by atomic mass is 35.5. The molecule has 6 amide bonds. The maximum Gasteiger partial charge on any atom is 0.514 e. The Labute approximate surface area is 493 Å². The van der Waals surface area contributed by atoms with E-state index in [0.717, 1.165) is 23.0 Å². The first kappa shape index (κ1) is 66.3. The maximum atomic E-state index is 15.3. The Morgan fingerprint density at radius 1 is 0.690 bits per heavy atom. The highest BCUT2D eigenvalue weighted by Gasteiger charge is 2.37. The van der Waals surface area contributed by atoms with E-state index in [1.165, 1.54) is 57.3 Å². The van der Waals surface area contributed by atoms with Crippen LogP contribution in [0.4, 0.5) is 14.4 Å². The van der Waals surface area contributed by atoms with E-state index in [1.807, 2.05) is 12.1 Å². The largest absolute Gasteiger partial charge is 0.514 e. The first-order chi connectivity index (χ1) is 39.2. The summed E-state index contributed by atoms with van der Waals surface area (Å²) in [6, 6.07) is 15.1. The quantitative estimate of drug-likeness (QED) is 0.0287. The Kier molecular flexibility index (Phi) is 22.6. The van der Waals surface area contributed by atoms with E-state index in [0.29, 0.717) is 17.0 Å². The second kappa shape index (κ2) is 28.6. The number of benzene rings is 4. The number of hydrogen-bond donors (Lipinski definition) is 5. The number of carbonyl (C=O) groups excluding carboxylic acids is 10. The van der Waals surface area contributed by atoms with E-state index in [4.69, 9.17) is 40.0 Å². The van der Waals surface area contributed by atoms with Crippen LogP contribution in [0.5, 0.6) is 11.5 Å². The second-order valence-corrected chi connectivity index (χ2v) is 23.5. The molecule has 1 aliphatic heterocycles. The van der Waals surface area contributed by atoms with Crippen LogP contribution >= 0.6 is 11.6 Å². The summed E-state index contributed by atoms with van der Waals surface area (Å²) in [6.45, 7) is 18.2. The van der Waals surface area contributed by atoms with Gasteiger partial charge in [-0.3, -0.25) is 33.6 Å². The smallest absolute Gasteiger partial charge is 0.458 e. The number of hydrogen-bond acceptors (Lipinski definition) is 16. The van der Waals surface area contributed by atoms with Crippen molar-refractivity contribution in [2.45, 2.75) is 156 Å². The summed E-state index contributed by atoms with van der Waals surface area (Å²) in [5.41, 5.74) is -0.641. The molecule has 0 fully saturated rings. The van der Waals surface area contributed by atoms with Gasteiger partial charge in [0.25, 0.3) is 5.91 Å². The van der Waals surface area contributed by atoms with Gasteiger partial charge in [0.05, 0.1) is 6.04 Å². The molecule has 0 unspecified atom stereocenters. The second-order valence-electron chi connectivity index (χ2n) is 23.1. The molecule has 5 N–H and O–H groups in total. The summed E-state index contributed by atoms with van der Waals surface area (Å²) < 4.78 is 32.9. The molecule has 4 aromatic rings. The first-order valence-corrected chi connectivity index (χ1v) is 27.6. The van der Waals surface area contributed by atoms with Gasteiger partial charge in [-0.2, -0.15) is 0 Å². The molecule has 4 bridgehead atoms. The molecule has 0 aromatic heterocycles. The number of alkyl carbamates (subject to hydrolysis) is 1. The number of unbranched alkanes of at least 4 members (excludes halogenated alkanes) is 1. The van der Waals surface area contributed by atoms with Gasteiger partial charge >= 0.3 is 24.4 Å². The lowest BCUT2D eigenvalue weighted by molar-refractivity contribution is -0.146. The lowest BCUT2D eigenvalue weighted by Gasteiger charge is -2.33. The van der Waals surface area contributed by atoms with E-state index in [1.54, 1.807) is 98.7 Å². The fourth-order valence-corrected chi connectivity index (χ4v) is 8.52. The summed E-state index contributed by atoms with van der Waals surface area (Å²) in [6.07, 6.45) is -2.66. The number of esters is 1. The zero-order valence-electron chi connectivity index (χ0n) is 49.6. The highest BCUT2D eigenvalue weighted by Crippen LogP contribution is 2.41. The number of amides is 6. The number of nitrogens with zero attached hydrogens (tertiary/aromatic N) is 1. The third-order valence-electron chi connectivity index (χ3n) is 12.4. The van der Waals surface area contributed by atoms with Crippen LogP contribution in [0.1, 0.15) is 130 Å². The molecule has 0 radical (unpaired) electrons. The lowest BCUT2D eigenvalue weighted by Crippen LogP contribution is -2.57. The number of ether oxygens (including phenoxy) is 6. The minimum Gasteiger partial charge on any atom is -0.458 e. The number of nitrogens with one attached hydrogen (secondary N) is 5. The standard InChI is InChI=1S/C61H75ClN6O16/c1-34(47(70)33-79-36(3)69)64-53(73)46-31-37-17-27-48(80-57(77)83-60(7,8)9)43(30-37)44-32-41(24-28-49(44)81-58(78)84-61(10,11)12)50(54(74)65-35(2)51(71)67-46)68(13)55(75)45(16-14-15-29-63-56(76)82-59(4,5)6)66-52(72)40-20-18-38(19-21-40)39-22-25-42(62)26-23-39/h17-28,30,32,34-35,45-46,50H,14-16,29,31,33H2,1-13H3,(H,63,76)(H,64,73)(H,65,74)(H,66,72)(H,67,71)/t34-,35-,45-,46-,50-/m0/s1.